The molecule has 0 spiro atoms. The molecular weight excluding hydrogens is 396 g/mol. The van der Waals surface area contributed by atoms with E-state index >= 15 is 0 Å². The Bertz CT molecular complexity index is 1030. The molecule has 7 heteroatoms. The number of benzene rings is 2. The smallest absolute Gasteiger partial charge is 0.295 e. The van der Waals surface area contributed by atoms with Crippen molar-refractivity contribution >= 4 is 17.4 Å². The van der Waals surface area contributed by atoms with Gasteiger partial charge in [-0.05, 0) is 36.8 Å². The van der Waals surface area contributed by atoms with E-state index in [1.54, 1.807) is 38.5 Å². The molecule has 1 aliphatic heterocycles. The number of quaternary nitrogens is 1. The second-order valence-electron chi connectivity index (χ2n) is 7.87. The third kappa shape index (κ3) is 4.27. The van der Waals surface area contributed by atoms with Crippen LogP contribution in [-0.4, -0.2) is 63.1 Å². The zero-order valence-corrected chi connectivity index (χ0v) is 18.6. The van der Waals surface area contributed by atoms with Gasteiger partial charge in [0.1, 0.15) is 17.3 Å². The molecule has 2 aromatic carbocycles. The van der Waals surface area contributed by atoms with Crippen LogP contribution in [-0.2, 0) is 9.59 Å². The number of ketones is 1. The third-order valence-corrected chi connectivity index (χ3v) is 5.51. The molecule has 0 bridgehead atoms. The zero-order chi connectivity index (χ0) is 22.7. The van der Waals surface area contributed by atoms with Crippen LogP contribution < -0.4 is 14.4 Å². The molecule has 31 heavy (non-hydrogen) atoms. The molecule has 3 rings (SSSR count). The number of aliphatic hydroxyl groups excluding tert-OH is 1. The molecule has 1 aliphatic rings. The van der Waals surface area contributed by atoms with E-state index in [9.17, 15) is 14.7 Å². The van der Waals surface area contributed by atoms with E-state index in [-0.39, 0.29) is 11.3 Å². The van der Waals surface area contributed by atoms with Crippen LogP contribution in [0.4, 0.5) is 0 Å². The van der Waals surface area contributed by atoms with Crippen LogP contribution in [0, 0.1) is 6.92 Å². The molecule has 1 saturated heterocycles. The molecule has 0 unspecified atom stereocenters. The Kier molecular flexibility index (Phi) is 6.65. The second-order valence-corrected chi connectivity index (χ2v) is 7.87. The van der Waals surface area contributed by atoms with E-state index in [2.05, 4.69) is 0 Å². The highest BCUT2D eigenvalue weighted by Gasteiger charge is 2.47. The van der Waals surface area contributed by atoms with Gasteiger partial charge in [0, 0.05) is 11.1 Å². The Balaban J connectivity index is 2.21. The fraction of sp³-hybridized carbons (Fsp3) is 0.333. The number of nitrogens with one attached hydrogen (secondary N) is 1. The number of aliphatic hydroxyl groups is 1. The van der Waals surface area contributed by atoms with Crippen LogP contribution in [0.5, 0.6) is 11.5 Å². The van der Waals surface area contributed by atoms with Gasteiger partial charge < -0.3 is 24.4 Å². The first kappa shape index (κ1) is 22.4. The van der Waals surface area contributed by atoms with E-state index in [4.69, 9.17) is 9.47 Å². The van der Waals surface area contributed by atoms with Gasteiger partial charge in [0.15, 0.2) is 0 Å². The van der Waals surface area contributed by atoms with Crippen molar-refractivity contribution in [3.8, 4) is 11.5 Å². The minimum Gasteiger partial charge on any atom is -0.507 e. The molecule has 0 aliphatic carbocycles. The Labute approximate surface area is 182 Å². The van der Waals surface area contributed by atoms with Gasteiger partial charge in [0.2, 0.25) is 0 Å². The Morgan fingerprint density at radius 2 is 1.81 bits per heavy atom. The topological polar surface area (TPSA) is 80.5 Å². The zero-order valence-electron chi connectivity index (χ0n) is 18.6. The second kappa shape index (κ2) is 9.22. The molecule has 0 aromatic heterocycles. The summed E-state index contributed by atoms with van der Waals surface area (Å²) in [4.78, 5) is 28.8. The number of carbonyl (C=O) groups is 2. The predicted octanol–water partition coefficient (Wildman–Crippen LogP) is 1.58. The third-order valence-electron chi connectivity index (χ3n) is 5.51. The Morgan fingerprint density at radius 3 is 2.42 bits per heavy atom. The van der Waals surface area contributed by atoms with Crippen molar-refractivity contribution in [2.75, 3.05) is 41.4 Å². The largest absolute Gasteiger partial charge is 0.507 e. The Morgan fingerprint density at radius 1 is 1.10 bits per heavy atom. The number of amides is 1. The lowest BCUT2D eigenvalue weighted by atomic mass is 9.93. The summed E-state index contributed by atoms with van der Waals surface area (Å²) in [6.45, 7) is 2.84. The van der Waals surface area contributed by atoms with E-state index < -0.39 is 17.7 Å². The Hall–Kier alpha value is -3.32. The number of likely N-dealkylation sites (N-methyl/N-ethyl adjacent to an activating group) is 1. The number of hydrogen-bond donors (Lipinski definition) is 2. The predicted molar refractivity (Wildman–Crippen MR) is 117 cm³/mol. The molecule has 2 N–H and O–H groups in total. The number of likely N-dealkylation sites (tertiary alicyclic amines) is 1. The minimum absolute atomic E-state index is 0.0662. The number of ether oxygens (including phenoxy) is 2. The summed E-state index contributed by atoms with van der Waals surface area (Å²) in [5, 5.41) is 11.2. The fourth-order valence-corrected chi connectivity index (χ4v) is 3.84. The van der Waals surface area contributed by atoms with Crippen LogP contribution in [0.2, 0.25) is 0 Å². The number of hydrogen-bond acceptors (Lipinski definition) is 5. The van der Waals surface area contributed by atoms with Gasteiger partial charge in [-0.1, -0.05) is 18.2 Å². The average molecular weight is 426 g/mol. The van der Waals surface area contributed by atoms with Crippen molar-refractivity contribution in [2.24, 2.45) is 0 Å². The normalized spacial score (nSPS) is 18.0. The van der Waals surface area contributed by atoms with Crippen molar-refractivity contribution in [3.63, 3.8) is 0 Å². The van der Waals surface area contributed by atoms with Gasteiger partial charge in [0.25, 0.3) is 11.7 Å². The van der Waals surface area contributed by atoms with Gasteiger partial charge in [-0.15, -0.1) is 0 Å². The molecule has 164 valence electrons. The van der Waals surface area contributed by atoms with E-state index in [0.717, 1.165) is 10.5 Å². The minimum atomic E-state index is -0.739. The first-order chi connectivity index (χ1) is 14.8. The van der Waals surface area contributed by atoms with Gasteiger partial charge in [-0.3, -0.25) is 9.59 Å². The molecule has 0 saturated carbocycles. The molecule has 1 fully saturated rings. The lowest BCUT2D eigenvalue weighted by Gasteiger charge is -2.26. The van der Waals surface area contributed by atoms with Gasteiger partial charge >= 0.3 is 0 Å². The van der Waals surface area contributed by atoms with Crippen LogP contribution in [0.15, 0.2) is 48.0 Å². The highest BCUT2D eigenvalue weighted by atomic mass is 16.5. The molecule has 0 radical (unpaired) electrons. The lowest BCUT2D eigenvalue weighted by Crippen LogP contribution is -3.06. The number of carbonyl (C=O) groups excluding carboxylic acids is 2. The fourth-order valence-electron chi connectivity index (χ4n) is 3.84. The van der Waals surface area contributed by atoms with Crippen molar-refractivity contribution in [1.82, 2.24) is 4.90 Å². The summed E-state index contributed by atoms with van der Waals surface area (Å²) in [5.41, 5.74) is 1.94. The number of methoxy groups -OCH3 is 2. The number of aryl methyl sites for hydroxylation is 1. The number of nitrogens with zero attached hydrogens (tertiary/aromatic N) is 1. The van der Waals surface area contributed by atoms with Gasteiger partial charge in [-0.2, -0.15) is 0 Å². The highest BCUT2D eigenvalue weighted by molar-refractivity contribution is 6.46. The van der Waals surface area contributed by atoms with E-state index in [1.165, 1.54) is 4.90 Å². The lowest BCUT2D eigenvalue weighted by molar-refractivity contribution is -0.857. The van der Waals surface area contributed by atoms with Gasteiger partial charge in [-0.25, -0.2) is 0 Å². The van der Waals surface area contributed by atoms with Gasteiger partial charge in [0.05, 0.1) is 53.0 Å². The summed E-state index contributed by atoms with van der Waals surface area (Å²) < 4.78 is 10.8. The average Bonchev–Trinajstić information content (AvgIpc) is 3.01. The molecule has 7 nitrogen and oxygen atoms in total. The quantitative estimate of drug-likeness (QED) is 0.400. The summed E-state index contributed by atoms with van der Waals surface area (Å²) in [5.74, 6) is -0.324. The van der Waals surface area contributed by atoms with Crippen molar-refractivity contribution in [2.45, 2.75) is 13.0 Å². The molecule has 1 heterocycles. The first-order valence-electron chi connectivity index (χ1n) is 10.2. The molecular formula is C24H29N2O5+. The summed E-state index contributed by atoms with van der Waals surface area (Å²) in [7, 11) is 7.07. The van der Waals surface area contributed by atoms with Crippen LogP contribution in [0.3, 0.4) is 0 Å². The number of rotatable bonds is 7. The molecule has 1 amide bonds. The molecule has 1 atom stereocenters. The van der Waals surface area contributed by atoms with Crippen LogP contribution in [0.1, 0.15) is 22.7 Å². The SMILES string of the molecule is COc1ccc(C(O)=C2C(=O)C(=O)N(CC[NH+](C)C)[C@H]2c2ccccc2OC)c(C)c1. The van der Waals surface area contributed by atoms with Crippen molar-refractivity contribution in [1.29, 1.82) is 0 Å². The maximum Gasteiger partial charge on any atom is 0.295 e. The maximum absolute atomic E-state index is 13.1. The highest BCUT2D eigenvalue weighted by Crippen LogP contribution is 2.42. The van der Waals surface area contributed by atoms with Crippen LogP contribution in [0.25, 0.3) is 5.76 Å². The summed E-state index contributed by atoms with van der Waals surface area (Å²) in [6, 6.07) is 11.7. The molecule has 2 aromatic rings. The van der Waals surface area contributed by atoms with Crippen molar-refractivity contribution in [3.05, 3.63) is 64.7 Å². The first-order valence-corrected chi connectivity index (χ1v) is 10.2. The van der Waals surface area contributed by atoms with Crippen LogP contribution >= 0.6 is 0 Å². The summed E-state index contributed by atoms with van der Waals surface area (Å²) >= 11 is 0. The van der Waals surface area contributed by atoms with E-state index in [0.29, 0.717) is 35.7 Å². The standard InChI is InChI=1S/C24H28N2O5/c1-15-14-16(30-4)10-11-17(15)22(27)20-21(18-8-6-7-9-19(18)31-5)26(13-12-25(2)3)24(29)23(20)28/h6-11,14,21,27H,12-13H2,1-5H3/p+1/t21-/m0/s1. The van der Waals surface area contributed by atoms with Crippen molar-refractivity contribution < 1.29 is 29.1 Å². The summed E-state index contributed by atoms with van der Waals surface area (Å²) in [6.07, 6.45) is 0. The number of para-hydroxylation sites is 1. The monoisotopic (exact) mass is 425 g/mol. The van der Waals surface area contributed by atoms with E-state index in [1.807, 2.05) is 39.2 Å². The number of Topliss-reactive ketones (excluding diaryl/α,β-unsaturated/α-hetero) is 1. The maximum atomic E-state index is 13.1.